The summed E-state index contributed by atoms with van der Waals surface area (Å²) in [5.41, 5.74) is 2.32. The lowest BCUT2D eigenvalue weighted by atomic mass is 10.0. The van der Waals surface area contributed by atoms with Gasteiger partial charge in [-0.05, 0) is 11.6 Å². The van der Waals surface area contributed by atoms with Crippen LogP contribution in [0.2, 0.25) is 0 Å². The molecule has 0 fully saturated rings. The van der Waals surface area contributed by atoms with Crippen molar-refractivity contribution in [3.63, 3.8) is 0 Å². The third kappa shape index (κ3) is 1.30. The Morgan fingerprint density at radius 3 is 3.15 bits per heavy atom. The minimum absolute atomic E-state index is 0.0335. The highest BCUT2D eigenvalue weighted by Gasteiger charge is 2.24. The fourth-order valence-corrected chi connectivity index (χ4v) is 1.81. The second kappa shape index (κ2) is 3.36. The van der Waals surface area contributed by atoms with Crippen molar-refractivity contribution in [1.29, 1.82) is 0 Å². The SMILES string of the molecule is COc1cccc2c1[C@H](CO)NC2. The Morgan fingerprint density at radius 2 is 2.46 bits per heavy atom. The Morgan fingerprint density at radius 1 is 1.62 bits per heavy atom. The quantitative estimate of drug-likeness (QED) is 0.706. The second-order valence-corrected chi connectivity index (χ2v) is 3.15. The van der Waals surface area contributed by atoms with Gasteiger partial charge in [-0.15, -0.1) is 0 Å². The van der Waals surface area contributed by atoms with Gasteiger partial charge in [0, 0.05) is 12.1 Å². The van der Waals surface area contributed by atoms with Gasteiger partial charge in [0.15, 0.2) is 0 Å². The zero-order valence-corrected chi connectivity index (χ0v) is 7.58. The van der Waals surface area contributed by atoms with Gasteiger partial charge in [-0.2, -0.15) is 0 Å². The summed E-state index contributed by atoms with van der Waals surface area (Å²) >= 11 is 0. The third-order valence-corrected chi connectivity index (χ3v) is 2.45. The molecule has 3 nitrogen and oxygen atoms in total. The van der Waals surface area contributed by atoms with E-state index in [4.69, 9.17) is 9.84 Å². The molecule has 0 aromatic heterocycles. The average Bonchev–Trinajstić information content (AvgIpc) is 2.60. The number of fused-ring (bicyclic) bond motifs is 1. The van der Waals surface area contributed by atoms with Crippen LogP contribution in [0.25, 0.3) is 0 Å². The third-order valence-electron chi connectivity index (χ3n) is 2.45. The molecule has 0 saturated carbocycles. The van der Waals surface area contributed by atoms with Crippen LogP contribution in [0.5, 0.6) is 5.75 Å². The molecule has 1 aliphatic rings. The lowest BCUT2D eigenvalue weighted by Gasteiger charge is -2.11. The monoisotopic (exact) mass is 179 g/mol. The Kier molecular flexibility index (Phi) is 2.20. The highest BCUT2D eigenvalue weighted by molar-refractivity contribution is 5.45. The van der Waals surface area contributed by atoms with Crippen LogP contribution in [0.3, 0.4) is 0 Å². The first-order valence-corrected chi connectivity index (χ1v) is 4.37. The molecule has 0 spiro atoms. The Labute approximate surface area is 77.3 Å². The Hall–Kier alpha value is -1.06. The van der Waals surface area contributed by atoms with E-state index in [-0.39, 0.29) is 12.6 Å². The number of methoxy groups -OCH3 is 1. The highest BCUT2D eigenvalue weighted by atomic mass is 16.5. The van der Waals surface area contributed by atoms with E-state index in [2.05, 4.69) is 11.4 Å². The lowest BCUT2D eigenvalue weighted by Crippen LogP contribution is -2.15. The maximum Gasteiger partial charge on any atom is 0.124 e. The van der Waals surface area contributed by atoms with Gasteiger partial charge in [0.25, 0.3) is 0 Å². The minimum Gasteiger partial charge on any atom is -0.496 e. The van der Waals surface area contributed by atoms with Crippen LogP contribution >= 0.6 is 0 Å². The van der Waals surface area contributed by atoms with Crippen LogP contribution in [0.4, 0.5) is 0 Å². The summed E-state index contributed by atoms with van der Waals surface area (Å²) in [4.78, 5) is 0. The maximum atomic E-state index is 9.11. The largest absolute Gasteiger partial charge is 0.496 e. The van der Waals surface area contributed by atoms with Crippen LogP contribution in [-0.2, 0) is 6.54 Å². The molecule has 1 atom stereocenters. The number of nitrogens with one attached hydrogen (secondary N) is 1. The van der Waals surface area contributed by atoms with Gasteiger partial charge in [0.2, 0.25) is 0 Å². The fourth-order valence-electron chi connectivity index (χ4n) is 1.81. The normalized spacial score (nSPS) is 20.0. The van der Waals surface area contributed by atoms with E-state index in [9.17, 15) is 0 Å². The molecule has 1 aromatic rings. The van der Waals surface area contributed by atoms with E-state index in [0.29, 0.717) is 0 Å². The number of hydrogen-bond donors (Lipinski definition) is 2. The van der Waals surface area contributed by atoms with E-state index < -0.39 is 0 Å². The van der Waals surface area contributed by atoms with Crippen molar-refractivity contribution in [1.82, 2.24) is 5.32 Å². The van der Waals surface area contributed by atoms with Crippen LogP contribution < -0.4 is 10.1 Å². The smallest absolute Gasteiger partial charge is 0.124 e. The van der Waals surface area contributed by atoms with Crippen LogP contribution in [-0.4, -0.2) is 18.8 Å². The summed E-state index contributed by atoms with van der Waals surface area (Å²) in [7, 11) is 1.66. The molecule has 0 saturated heterocycles. The number of ether oxygens (including phenoxy) is 1. The highest BCUT2D eigenvalue weighted by Crippen LogP contribution is 2.32. The predicted octanol–water partition coefficient (Wildman–Crippen LogP) is 0.832. The zero-order valence-electron chi connectivity index (χ0n) is 7.58. The van der Waals surface area contributed by atoms with E-state index >= 15 is 0 Å². The number of aliphatic hydroxyl groups excluding tert-OH is 1. The molecule has 1 heterocycles. The molecular weight excluding hydrogens is 166 g/mol. The summed E-state index contributed by atoms with van der Waals surface area (Å²) < 4.78 is 5.24. The summed E-state index contributed by atoms with van der Waals surface area (Å²) in [6.45, 7) is 0.936. The first-order chi connectivity index (χ1) is 6.36. The molecule has 2 N–H and O–H groups in total. The van der Waals surface area contributed by atoms with Crippen molar-refractivity contribution in [3.05, 3.63) is 29.3 Å². The van der Waals surface area contributed by atoms with Crippen LogP contribution in [0.15, 0.2) is 18.2 Å². The molecule has 0 bridgehead atoms. The number of rotatable bonds is 2. The van der Waals surface area contributed by atoms with Crippen molar-refractivity contribution < 1.29 is 9.84 Å². The molecule has 0 aliphatic carbocycles. The van der Waals surface area contributed by atoms with Gasteiger partial charge < -0.3 is 15.2 Å². The summed E-state index contributed by atoms with van der Waals surface area (Å²) in [5, 5.41) is 12.3. The van der Waals surface area contributed by atoms with Crippen molar-refractivity contribution in [2.24, 2.45) is 0 Å². The first kappa shape index (κ1) is 8.53. The van der Waals surface area contributed by atoms with Crippen molar-refractivity contribution >= 4 is 0 Å². The number of benzene rings is 1. The van der Waals surface area contributed by atoms with Crippen molar-refractivity contribution in [3.8, 4) is 5.75 Å². The predicted molar refractivity (Wildman–Crippen MR) is 49.7 cm³/mol. The molecule has 3 heteroatoms. The molecule has 0 unspecified atom stereocenters. The molecule has 0 radical (unpaired) electrons. The van der Waals surface area contributed by atoms with Crippen molar-refractivity contribution in [2.45, 2.75) is 12.6 Å². The van der Waals surface area contributed by atoms with Crippen LogP contribution in [0.1, 0.15) is 17.2 Å². The fraction of sp³-hybridized carbons (Fsp3) is 0.400. The van der Waals surface area contributed by atoms with E-state index in [1.165, 1.54) is 5.56 Å². The summed E-state index contributed by atoms with van der Waals surface area (Å²) in [6, 6.07) is 5.99. The standard InChI is InChI=1S/C10H13NO2/c1-13-9-4-2-3-7-5-11-8(6-12)10(7)9/h2-4,8,11-12H,5-6H2,1H3/t8-/m0/s1. The van der Waals surface area contributed by atoms with Gasteiger partial charge in [-0.3, -0.25) is 0 Å². The van der Waals surface area contributed by atoms with Gasteiger partial charge in [0.1, 0.15) is 5.75 Å². The molecule has 2 rings (SSSR count). The summed E-state index contributed by atoms with van der Waals surface area (Å²) in [6.07, 6.45) is 0. The van der Waals surface area contributed by atoms with Crippen molar-refractivity contribution in [2.75, 3.05) is 13.7 Å². The van der Waals surface area contributed by atoms with Gasteiger partial charge in [-0.25, -0.2) is 0 Å². The Balaban J connectivity index is 2.46. The zero-order chi connectivity index (χ0) is 9.26. The molecular formula is C10H13NO2. The number of hydrogen-bond acceptors (Lipinski definition) is 3. The molecule has 70 valence electrons. The number of aliphatic hydroxyl groups is 1. The van der Waals surface area contributed by atoms with Crippen LogP contribution in [0, 0.1) is 0 Å². The summed E-state index contributed by atoms with van der Waals surface area (Å²) in [5.74, 6) is 0.863. The Bertz CT molecular complexity index is 312. The van der Waals surface area contributed by atoms with Gasteiger partial charge in [0.05, 0.1) is 19.8 Å². The molecule has 0 amide bonds. The van der Waals surface area contributed by atoms with E-state index in [1.807, 2.05) is 12.1 Å². The van der Waals surface area contributed by atoms with E-state index in [0.717, 1.165) is 17.9 Å². The lowest BCUT2D eigenvalue weighted by molar-refractivity contribution is 0.249. The minimum atomic E-state index is 0.0335. The molecule has 13 heavy (non-hydrogen) atoms. The second-order valence-electron chi connectivity index (χ2n) is 3.15. The maximum absolute atomic E-state index is 9.11. The van der Waals surface area contributed by atoms with Gasteiger partial charge in [-0.1, -0.05) is 12.1 Å². The topological polar surface area (TPSA) is 41.5 Å². The first-order valence-electron chi connectivity index (χ1n) is 4.37. The molecule has 1 aliphatic heterocycles. The average molecular weight is 179 g/mol. The van der Waals surface area contributed by atoms with Gasteiger partial charge >= 0.3 is 0 Å². The molecule has 1 aromatic carbocycles. The van der Waals surface area contributed by atoms with E-state index in [1.54, 1.807) is 7.11 Å².